The molecule has 2 amide bonds. The van der Waals surface area contributed by atoms with Crippen LogP contribution in [0.3, 0.4) is 0 Å². The van der Waals surface area contributed by atoms with Crippen molar-refractivity contribution in [1.29, 1.82) is 0 Å². The number of amides is 2. The van der Waals surface area contributed by atoms with Crippen molar-refractivity contribution in [1.82, 2.24) is 5.32 Å². The largest absolute Gasteiger partial charge is 0.489 e. The highest BCUT2D eigenvalue weighted by molar-refractivity contribution is 6.31. The Balaban J connectivity index is 1.15. The zero-order valence-electron chi connectivity index (χ0n) is 18.3. The molecule has 0 aromatic heterocycles. The number of carbonyl (C=O) groups is 2. The van der Waals surface area contributed by atoms with Gasteiger partial charge in [-0.25, -0.2) is 0 Å². The van der Waals surface area contributed by atoms with E-state index in [1.807, 2.05) is 66.7 Å². The average Bonchev–Trinajstić information content (AvgIpc) is 3.48. The maximum Gasteiger partial charge on any atom is 0.231 e. The number of rotatable bonds is 7. The molecule has 0 saturated carbocycles. The van der Waals surface area contributed by atoms with Crippen LogP contribution in [-0.2, 0) is 22.7 Å². The van der Waals surface area contributed by atoms with E-state index in [4.69, 9.17) is 25.8 Å². The fourth-order valence-corrected chi connectivity index (χ4v) is 4.21. The standard InChI is InChI=1S/C26H23ClN2O5/c27-22-4-2-1-3-18(22)15-32-21-8-6-20(7-9-21)29-14-19(12-25(29)30)26(31)28-13-17-5-10-23-24(11-17)34-16-33-23/h1-11,19H,12-16H2,(H,28,31)/t19-/m0/s1. The first-order chi connectivity index (χ1) is 16.6. The van der Waals surface area contributed by atoms with Crippen molar-refractivity contribution >= 4 is 29.1 Å². The first-order valence-electron chi connectivity index (χ1n) is 11.0. The fourth-order valence-electron chi connectivity index (χ4n) is 4.02. The zero-order chi connectivity index (χ0) is 23.5. The third-order valence-electron chi connectivity index (χ3n) is 5.90. The van der Waals surface area contributed by atoms with Crippen LogP contribution in [0.1, 0.15) is 17.5 Å². The summed E-state index contributed by atoms with van der Waals surface area (Å²) in [5, 5.41) is 3.58. The lowest BCUT2D eigenvalue weighted by molar-refractivity contribution is -0.126. The third-order valence-corrected chi connectivity index (χ3v) is 6.27. The highest BCUT2D eigenvalue weighted by Crippen LogP contribution is 2.32. The summed E-state index contributed by atoms with van der Waals surface area (Å²) in [6.45, 7) is 1.26. The lowest BCUT2D eigenvalue weighted by atomic mass is 10.1. The number of carbonyl (C=O) groups excluding carboxylic acids is 2. The van der Waals surface area contributed by atoms with E-state index in [0.29, 0.717) is 42.0 Å². The lowest BCUT2D eigenvalue weighted by Crippen LogP contribution is -2.32. The van der Waals surface area contributed by atoms with Gasteiger partial charge in [0.2, 0.25) is 18.6 Å². The van der Waals surface area contributed by atoms with Crippen LogP contribution >= 0.6 is 11.6 Å². The molecule has 1 saturated heterocycles. The Morgan fingerprint density at radius 2 is 1.85 bits per heavy atom. The van der Waals surface area contributed by atoms with Crippen molar-refractivity contribution in [3.63, 3.8) is 0 Å². The predicted octanol–water partition coefficient (Wildman–Crippen LogP) is 4.32. The van der Waals surface area contributed by atoms with Gasteiger partial charge in [0.15, 0.2) is 11.5 Å². The first kappa shape index (κ1) is 22.1. The molecule has 8 heteroatoms. The Hall–Kier alpha value is -3.71. The van der Waals surface area contributed by atoms with E-state index in [2.05, 4.69) is 5.32 Å². The van der Waals surface area contributed by atoms with E-state index in [9.17, 15) is 9.59 Å². The molecule has 3 aromatic carbocycles. The molecule has 1 fully saturated rings. The van der Waals surface area contributed by atoms with Gasteiger partial charge in [0.1, 0.15) is 12.4 Å². The second kappa shape index (κ2) is 9.65. The summed E-state index contributed by atoms with van der Waals surface area (Å²) in [6.07, 6.45) is 0.178. The number of anilines is 1. The number of nitrogens with one attached hydrogen (secondary N) is 1. The van der Waals surface area contributed by atoms with Crippen LogP contribution in [0.5, 0.6) is 17.2 Å². The molecule has 34 heavy (non-hydrogen) atoms. The van der Waals surface area contributed by atoms with Crippen LogP contribution in [0.2, 0.25) is 5.02 Å². The van der Waals surface area contributed by atoms with E-state index >= 15 is 0 Å². The number of halogens is 1. The molecule has 0 unspecified atom stereocenters. The van der Waals surface area contributed by atoms with Crippen LogP contribution in [0, 0.1) is 5.92 Å². The predicted molar refractivity (Wildman–Crippen MR) is 127 cm³/mol. The molecule has 0 bridgehead atoms. The summed E-state index contributed by atoms with van der Waals surface area (Å²) in [5.74, 6) is 1.42. The normalized spacial score (nSPS) is 16.6. The van der Waals surface area contributed by atoms with Gasteiger partial charge in [-0.3, -0.25) is 9.59 Å². The van der Waals surface area contributed by atoms with E-state index in [-0.39, 0.29) is 25.0 Å². The first-order valence-corrected chi connectivity index (χ1v) is 11.4. The molecule has 1 N–H and O–H groups in total. The van der Waals surface area contributed by atoms with Gasteiger partial charge in [0.25, 0.3) is 0 Å². The van der Waals surface area contributed by atoms with Crippen molar-refractivity contribution in [2.45, 2.75) is 19.6 Å². The topological polar surface area (TPSA) is 77.1 Å². The molecule has 2 aliphatic rings. The Bertz CT molecular complexity index is 1210. The molecule has 2 heterocycles. The smallest absolute Gasteiger partial charge is 0.231 e. The van der Waals surface area contributed by atoms with Crippen molar-refractivity contribution in [3.8, 4) is 17.2 Å². The number of fused-ring (bicyclic) bond motifs is 1. The minimum absolute atomic E-state index is 0.0760. The summed E-state index contributed by atoms with van der Waals surface area (Å²) in [5.41, 5.74) is 2.55. The minimum Gasteiger partial charge on any atom is -0.489 e. The number of nitrogens with zero attached hydrogens (tertiary/aromatic N) is 1. The highest BCUT2D eigenvalue weighted by Gasteiger charge is 2.35. The Morgan fingerprint density at radius 3 is 2.68 bits per heavy atom. The van der Waals surface area contributed by atoms with Crippen molar-refractivity contribution < 1.29 is 23.8 Å². The summed E-state index contributed by atoms with van der Waals surface area (Å²) >= 11 is 6.17. The Kier molecular flexibility index (Phi) is 6.27. The van der Waals surface area contributed by atoms with Gasteiger partial charge in [-0.2, -0.15) is 0 Å². The van der Waals surface area contributed by atoms with Crippen LogP contribution < -0.4 is 24.4 Å². The van der Waals surface area contributed by atoms with Gasteiger partial charge in [0, 0.05) is 35.8 Å². The quantitative estimate of drug-likeness (QED) is 0.547. The maximum atomic E-state index is 12.7. The number of hydrogen-bond donors (Lipinski definition) is 1. The molecular weight excluding hydrogens is 456 g/mol. The molecule has 7 nitrogen and oxygen atoms in total. The van der Waals surface area contributed by atoms with E-state index in [1.165, 1.54) is 0 Å². The molecule has 1 atom stereocenters. The van der Waals surface area contributed by atoms with Gasteiger partial charge < -0.3 is 24.4 Å². The van der Waals surface area contributed by atoms with Gasteiger partial charge >= 0.3 is 0 Å². The third kappa shape index (κ3) is 4.79. The Labute approximate surface area is 202 Å². The Morgan fingerprint density at radius 1 is 1.06 bits per heavy atom. The highest BCUT2D eigenvalue weighted by atomic mass is 35.5. The molecule has 0 aliphatic carbocycles. The second-order valence-corrected chi connectivity index (χ2v) is 8.59. The van der Waals surface area contributed by atoms with Crippen molar-refractivity contribution in [3.05, 3.63) is 82.9 Å². The fraction of sp³-hybridized carbons (Fsp3) is 0.231. The summed E-state index contributed by atoms with van der Waals surface area (Å²) in [6, 6.07) is 20.4. The van der Waals surface area contributed by atoms with E-state index < -0.39 is 5.92 Å². The average molecular weight is 479 g/mol. The number of benzene rings is 3. The summed E-state index contributed by atoms with van der Waals surface area (Å²) in [4.78, 5) is 26.9. The molecule has 2 aliphatic heterocycles. The molecule has 174 valence electrons. The minimum atomic E-state index is -0.405. The van der Waals surface area contributed by atoms with Crippen LogP contribution in [0.15, 0.2) is 66.7 Å². The maximum absolute atomic E-state index is 12.7. The summed E-state index contributed by atoms with van der Waals surface area (Å²) in [7, 11) is 0. The van der Waals surface area contributed by atoms with Crippen molar-refractivity contribution in [2.24, 2.45) is 5.92 Å². The number of hydrogen-bond acceptors (Lipinski definition) is 5. The molecule has 0 radical (unpaired) electrons. The monoisotopic (exact) mass is 478 g/mol. The SMILES string of the molecule is O=C(NCc1ccc2c(c1)OCO2)[C@H]1CC(=O)N(c2ccc(OCc3ccccc3Cl)cc2)C1. The van der Waals surface area contributed by atoms with Crippen LogP contribution in [0.4, 0.5) is 5.69 Å². The lowest BCUT2D eigenvalue weighted by Gasteiger charge is -2.17. The molecule has 3 aromatic rings. The van der Waals surface area contributed by atoms with Gasteiger partial charge in [0.05, 0.1) is 5.92 Å². The molecule has 0 spiro atoms. The van der Waals surface area contributed by atoms with Crippen LogP contribution in [0.25, 0.3) is 0 Å². The molecule has 5 rings (SSSR count). The van der Waals surface area contributed by atoms with Crippen LogP contribution in [-0.4, -0.2) is 25.2 Å². The van der Waals surface area contributed by atoms with Gasteiger partial charge in [-0.05, 0) is 48.0 Å². The zero-order valence-corrected chi connectivity index (χ0v) is 19.1. The second-order valence-electron chi connectivity index (χ2n) is 8.18. The summed E-state index contributed by atoms with van der Waals surface area (Å²) < 4.78 is 16.5. The van der Waals surface area contributed by atoms with Gasteiger partial charge in [-0.15, -0.1) is 0 Å². The van der Waals surface area contributed by atoms with E-state index in [1.54, 1.807) is 4.90 Å². The van der Waals surface area contributed by atoms with Gasteiger partial charge in [-0.1, -0.05) is 35.9 Å². The van der Waals surface area contributed by atoms with Crippen molar-refractivity contribution in [2.75, 3.05) is 18.2 Å². The molecular formula is C26H23ClN2O5. The number of ether oxygens (including phenoxy) is 3. The van der Waals surface area contributed by atoms with E-state index in [0.717, 1.165) is 16.8 Å².